The smallest absolute Gasteiger partial charge is 0.325 e. The van der Waals surface area contributed by atoms with Crippen LogP contribution in [0.25, 0.3) is 11.5 Å². The van der Waals surface area contributed by atoms with Gasteiger partial charge in [-0.3, -0.25) is 15.1 Å². The highest BCUT2D eigenvalue weighted by Gasteiger charge is 2.33. The van der Waals surface area contributed by atoms with Crippen molar-refractivity contribution < 1.29 is 14.1 Å². The summed E-state index contributed by atoms with van der Waals surface area (Å²) < 4.78 is 10.0. The largest absolute Gasteiger partial charge is 0.468 e. The molecule has 0 saturated carbocycles. The Labute approximate surface area is 129 Å². The second kappa shape index (κ2) is 7.13. The normalized spacial score (nSPS) is 13.6. The van der Waals surface area contributed by atoms with Gasteiger partial charge in [0.2, 0.25) is 11.7 Å². The van der Waals surface area contributed by atoms with E-state index in [1.165, 1.54) is 7.11 Å². The molecule has 118 valence electrons. The van der Waals surface area contributed by atoms with Crippen LogP contribution in [0.3, 0.4) is 0 Å². The molecule has 0 bridgehead atoms. The van der Waals surface area contributed by atoms with Crippen molar-refractivity contribution in [3.05, 3.63) is 30.3 Å². The Morgan fingerprint density at radius 2 is 2.27 bits per heavy atom. The maximum absolute atomic E-state index is 11.9. The molecule has 2 aromatic rings. The predicted octanol–water partition coefficient (Wildman–Crippen LogP) is 1.95. The van der Waals surface area contributed by atoms with Crippen LogP contribution in [0.2, 0.25) is 0 Å². The first-order valence-corrected chi connectivity index (χ1v) is 7.16. The minimum absolute atomic E-state index is 0.283. The molecule has 2 aromatic heterocycles. The highest BCUT2D eigenvalue weighted by molar-refractivity contribution is 5.80. The molecule has 7 nitrogen and oxygen atoms in total. The van der Waals surface area contributed by atoms with Crippen LogP contribution in [0.5, 0.6) is 0 Å². The first-order valence-electron chi connectivity index (χ1n) is 7.16. The third-order valence-corrected chi connectivity index (χ3v) is 3.38. The van der Waals surface area contributed by atoms with Crippen molar-refractivity contribution in [2.45, 2.75) is 38.8 Å². The zero-order valence-electron chi connectivity index (χ0n) is 13.0. The molecule has 0 aliphatic carbocycles. The first-order chi connectivity index (χ1) is 10.6. The lowest BCUT2D eigenvalue weighted by Crippen LogP contribution is -2.49. The second-order valence-electron chi connectivity index (χ2n) is 5.15. The number of nitrogens with one attached hydrogen (secondary N) is 1. The molecule has 0 aliphatic rings. The molecule has 0 fully saturated rings. The van der Waals surface area contributed by atoms with E-state index in [2.05, 4.69) is 20.4 Å². The number of aromatic nitrogens is 3. The lowest BCUT2D eigenvalue weighted by atomic mass is 9.96. The van der Waals surface area contributed by atoms with Gasteiger partial charge in [0.15, 0.2) is 0 Å². The SMILES string of the molecule is CCC[C@@](C)(NCc1nc(-c2ccccn2)no1)C(=O)OC. The van der Waals surface area contributed by atoms with E-state index in [-0.39, 0.29) is 12.5 Å². The summed E-state index contributed by atoms with van der Waals surface area (Å²) in [6.45, 7) is 4.10. The van der Waals surface area contributed by atoms with Gasteiger partial charge in [-0.25, -0.2) is 0 Å². The minimum atomic E-state index is -0.775. The highest BCUT2D eigenvalue weighted by Crippen LogP contribution is 2.16. The average Bonchev–Trinajstić information content (AvgIpc) is 3.02. The summed E-state index contributed by atoms with van der Waals surface area (Å²) >= 11 is 0. The first kappa shape index (κ1) is 16.1. The molecular formula is C15H20N4O3. The molecule has 2 heterocycles. The fourth-order valence-corrected chi connectivity index (χ4v) is 2.18. The molecule has 0 radical (unpaired) electrons. The van der Waals surface area contributed by atoms with Crippen molar-refractivity contribution in [3.63, 3.8) is 0 Å². The van der Waals surface area contributed by atoms with Gasteiger partial charge < -0.3 is 9.26 Å². The number of hydrogen-bond donors (Lipinski definition) is 1. The Hall–Kier alpha value is -2.28. The average molecular weight is 304 g/mol. The van der Waals surface area contributed by atoms with E-state index in [4.69, 9.17) is 9.26 Å². The molecular weight excluding hydrogens is 284 g/mol. The van der Waals surface area contributed by atoms with Gasteiger partial charge in [-0.1, -0.05) is 24.6 Å². The van der Waals surface area contributed by atoms with Crippen LogP contribution in [0.15, 0.2) is 28.9 Å². The summed E-state index contributed by atoms with van der Waals surface area (Å²) in [6, 6.07) is 5.47. The van der Waals surface area contributed by atoms with Crippen molar-refractivity contribution in [2.24, 2.45) is 0 Å². The van der Waals surface area contributed by atoms with Gasteiger partial charge in [0.25, 0.3) is 0 Å². The van der Waals surface area contributed by atoms with Crippen molar-refractivity contribution in [1.82, 2.24) is 20.4 Å². The number of pyridine rings is 1. The maximum Gasteiger partial charge on any atom is 0.325 e. The fourth-order valence-electron chi connectivity index (χ4n) is 2.18. The Balaban J connectivity index is 2.05. The van der Waals surface area contributed by atoms with Crippen molar-refractivity contribution in [2.75, 3.05) is 7.11 Å². The number of methoxy groups -OCH3 is 1. The van der Waals surface area contributed by atoms with Crippen LogP contribution in [0.4, 0.5) is 0 Å². The third kappa shape index (κ3) is 3.67. The predicted molar refractivity (Wildman–Crippen MR) is 79.7 cm³/mol. The topological polar surface area (TPSA) is 90.1 Å². The van der Waals surface area contributed by atoms with Crippen LogP contribution in [-0.2, 0) is 16.1 Å². The standard InChI is InChI=1S/C15H20N4O3/c1-4-8-15(2,14(20)21-3)17-10-12-18-13(19-22-12)11-7-5-6-9-16-11/h5-7,9,17H,4,8,10H2,1-3H3/t15-/m1/s1. The van der Waals surface area contributed by atoms with Gasteiger partial charge in [0, 0.05) is 6.20 Å². The molecule has 2 rings (SSSR count). The third-order valence-electron chi connectivity index (χ3n) is 3.38. The summed E-state index contributed by atoms with van der Waals surface area (Å²) in [5.41, 5.74) is -0.134. The molecule has 0 unspecified atom stereocenters. The maximum atomic E-state index is 11.9. The zero-order valence-corrected chi connectivity index (χ0v) is 13.0. The van der Waals surface area contributed by atoms with Crippen molar-refractivity contribution in [1.29, 1.82) is 0 Å². The minimum Gasteiger partial charge on any atom is -0.468 e. The van der Waals surface area contributed by atoms with Crippen molar-refractivity contribution in [3.8, 4) is 11.5 Å². The van der Waals surface area contributed by atoms with E-state index in [1.54, 1.807) is 19.2 Å². The number of nitrogens with zero attached hydrogens (tertiary/aromatic N) is 3. The molecule has 0 spiro atoms. The molecule has 0 amide bonds. The quantitative estimate of drug-likeness (QED) is 0.782. The monoisotopic (exact) mass is 304 g/mol. The number of carbonyl (C=O) groups is 1. The Morgan fingerprint density at radius 3 is 2.91 bits per heavy atom. The van der Waals surface area contributed by atoms with Gasteiger partial charge in [0.05, 0.1) is 13.7 Å². The van der Waals surface area contributed by atoms with E-state index in [1.807, 2.05) is 19.1 Å². The lowest BCUT2D eigenvalue weighted by molar-refractivity contribution is -0.148. The second-order valence-corrected chi connectivity index (χ2v) is 5.15. The Kier molecular flexibility index (Phi) is 5.21. The fraction of sp³-hybridized carbons (Fsp3) is 0.467. The molecule has 7 heteroatoms. The van der Waals surface area contributed by atoms with E-state index in [9.17, 15) is 4.79 Å². The lowest BCUT2D eigenvalue weighted by Gasteiger charge is -2.26. The van der Waals surface area contributed by atoms with E-state index in [0.29, 0.717) is 23.8 Å². The summed E-state index contributed by atoms with van der Waals surface area (Å²) in [5, 5.41) is 7.03. The zero-order chi connectivity index (χ0) is 16.0. The van der Waals surface area contributed by atoms with Crippen LogP contribution < -0.4 is 5.32 Å². The van der Waals surface area contributed by atoms with E-state index in [0.717, 1.165) is 6.42 Å². The number of esters is 1. The summed E-state index contributed by atoms with van der Waals surface area (Å²) in [7, 11) is 1.38. The molecule has 1 N–H and O–H groups in total. The number of carbonyl (C=O) groups excluding carboxylic acids is 1. The Morgan fingerprint density at radius 1 is 1.45 bits per heavy atom. The molecule has 0 saturated heterocycles. The molecule has 0 aliphatic heterocycles. The van der Waals surface area contributed by atoms with Crippen LogP contribution in [0.1, 0.15) is 32.6 Å². The van der Waals surface area contributed by atoms with Crippen LogP contribution in [0, 0.1) is 0 Å². The molecule has 0 aromatic carbocycles. The summed E-state index contributed by atoms with van der Waals surface area (Å²) in [4.78, 5) is 20.3. The molecule has 22 heavy (non-hydrogen) atoms. The molecule has 1 atom stereocenters. The van der Waals surface area contributed by atoms with Gasteiger partial charge >= 0.3 is 5.97 Å². The van der Waals surface area contributed by atoms with Gasteiger partial charge in [-0.2, -0.15) is 4.98 Å². The van der Waals surface area contributed by atoms with Gasteiger partial charge in [0.1, 0.15) is 11.2 Å². The highest BCUT2D eigenvalue weighted by atomic mass is 16.5. The van der Waals surface area contributed by atoms with Crippen LogP contribution in [-0.4, -0.2) is 33.7 Å². The van der Waals surface area contributed by atoms with Crippen molar-refractivity contribution >= 4 is 5.97 Å². The number of rotatable bonds is 7. The Bertz CT molecular complexity index is 614. The van der Waals surface area contributed by atoms with Gasteiger partial charge in [-0.15, -0.1) is 0 Å². The van der Waals surface area contributed by atoms with E-state index < -0.39 is 5.54 Å². The van der Waals surface area contributed by atoms with Gasteiger partial charge in [-0.05, 0) is 25.5 Å². The van der Waals surface area contributed by atoms with E-state index >= 15 is 0 Å². The number of hydrogen-bond acceptors (Lipinski definition) is 7. The number of ether oxygens (including phenoxy) is 1. The summed E-state index contributed by atoms with van der Waals surface area (Å²) in [5.74, 6) is 0.512. The van der Waals surface area contributed by atoms with Crippen LogP contribution >= 0.6 is 0 Å². The summed E-state index contributed by atoms with van der Waals surface area (Å²) in [6.07, 6.45) is 3.17.